The van der Waals surface area contributed by atoms with Gasteiger partial charge in [0.15, 0.2) is 11.6 Å². The fraction of sp³-hybridized carbons (Fsp3) is 0.409. The molecular formula is C22H30N6. The number of hydrogen-bond donors (Lipinski definition) is 2. The van der Waals surface area contributed by atoms with Crippen LogP contribution in [0.5, 0.6) is 0 Å². The quantitative estimate of drug-likeness (QED) is 0.357. The summed E-state index contributed by atoms with van der Waals surface area (Å²) in [4.78, 5) is 4.73. The van der Waals surface area contributed by atoms with E-state index < -0.39 is 0 Å². The Labute approximate surface area is 167 Å². The molecule has 0 spiro atoms. The van der Waals surface area contributed by atoms with Gasteiger partial charge in [-0.15, -0.1) is 10.2 Å². The van der Waals surface area contributed by atoms with Gasteiger partial charge in [-0.05, 0) is 49.9 Å². The summed E-state index contributed by atoms with van der Waals surface area (Å²) < 4.78 is 2.04. The summed E-state index contributed by atoms with van der Waals surface area (Å²) in [7, 11) is 0. The van der Waals surface area contributed by atoms with Gasteiger partial charge in [0.25, 0.3) is 0 Å². The highest BCUT2D eigenvalue weighted by molar-refractivity contribution is 5.80. The largest absolute Gasteiger partial charge is 0.357 e. The lowest BCUT2D eigenvalue weighted by Gasteiger charge is -2.18. The van der Waals surface area contributed by atoms with Crippen molar-refractivity contribution >= 4 is 11.6 Å². The summed E-state index contributed by atoms with van der Waals surface area (Å²) in [6, 6.07) is 14.9. The number of aromatic nitrogens is 3. The van der Waals surface area contributed by atoms with E-state index in [0.717, 1.165) is 49.8 Å². The number of nitrogens with zero attached hydrogens (tertiary/aromatic N) is 4. The minimum atomic E-state index is 0.198. The standard InChI is InChI=1S/C22H30N6/c1-4-18-11-13-19(14-12-18)17(3)25-22(23-5-2)24-15-8-10-21-27-26-20-9-6-7-16-28(20)21/h6-7,9,11-14,16-17H,4-5,8,10,15H2,1-3H3,(H2,23,24,25). The minimum absolute atomic E-state index is 0.198. The van der Waals surface area contributed by atoms with Crippen molar-refractivity contribution in [1.82, 2.24) is 25.2 Å². The number of fused-ring (bicyclic) bond motifs is 1. The smallest absolute Gasteiger partial charge is 0.191 e. The van der Waals surface area contributed by atoms with Crippen LogP contribution in [0, 0.1) is 0 Å². The first-order chi connectivity index (χ1) is 13.7. The minimum Gasteiger partial charge on any atom is -0.357 e. The molecule has 0 radical (unpaired) electrons. The topological polar surface area (TPSA) is 66.6 Å². The predicted molar refractivity (Wildman–Crippen MR) is 115 cm³/mol. The molecule has 2 aromatic heterocycles. The van der Waals surface area contributed by atoms with Gasteiger partial charge in [0.05, 0.1) is 6.04 Å². The molecule has 0 aliphatic rings. The van der Waals surface area contributed by atoms with Crippen LogP contribution in [0.3, 0.4) is 0 Å². The number of benzene rings is 1. The van der Waals surface area contributed by atoms with E-state index >= 15 is 0 Å². The number of aryl methyl sites for hydroxylation is 2. The van der Waals surface area contributed by atoms with Crippen LogP contribution in [-0.2, 0) is 12.8 Å². The molecule has 2 N–H and O–H groups in total. The summed E-state index contributed by atoms with van der Waals surface area (Å²) in [6.07, 6.45) is 4.84. The Hall–Kier alpha value is -2.89. The van der Waals surface area contributed by atoms with E-state index in [2.05, 4.69) is 65.9 Å². The molecular weight excluding hydrogens is 348 g/mol. The van der Waals surface area contributed by atoms with E-state index in [9.17, 15) is 0 Å². The van der Waals surface area contributed by atoms with Gasteiger partial charge in [-0.1, -0.05) is 37.3 Å². The number of aliphatic imine (C=N–C) groups is 1. The highest BCUT2D eigenvalue weighted by atomic mass is 15.2. The van der Waals surface area contributed by atoms with Gasteiger partial charge < -0.3 is 10.6 Å². The fourth-order valence-corrected chi connectivity index (χ4v) is 3.14. The van der Waals surface area contributed by atoms with Crippen molar-refractivity contribution < 1.29 is 0 Å². The molecule has 148 valence electrons. The van der Waals surface area contributed by atoms with Crippen molar-refractivity contribution in [3.05, 3.63) is 65.6 Å². The van der Waals surface area contributed by atoms with E-state index in [-0.39, 0.29) is 6.04 Å². The first kappa shape index (κ1) is 19.9. The summed E-state index contributed by atoms with van der Waals surface area (Å²) in [6.45, 7) is 7.99. The fourth-order valence-electron chi connectivity index (χ4n) is 3.14. The summed E-state index contributed by atoms with van der Waals surface area (Å²) in [5.41, 5.74) is 3.51. The average molecular weight is 379 g/mol. The summed E-state index contributed by atoms with van der Waals surface area (Å²) in [5, 5.41) is 15.3. The van der Waals surface area contributed by atoms with Gasteiger partial charge in [0.1, 0.15) is 5.82 Å². The highest BCUT2D eigenvalue weighted by Crippen LogP contribution is 2.13. The van der Waals surface area contributed by atoms with Gasteiger partial charge in [-0.2, -0.15) is 0 Å². The second-order valence-corrected chi connectivity index (χ2v) is 6.87. The molecule has 1 unspecified atom stereocenters. The van der Waals surface area contributed by atoms with Crippen LogP contribution >= 0.6 is 0 Å². The third-order valence-corrected chi connectivity index (χ3v) is 4.80. The Kier molecular flexibility index (Phi) is 7.00. The molecule has 2 heterocycles. The van der Waals surface area contributed by atoms with Crippen LogP contribution in [-0.4, -0.2) is 33.6 Å². The Morgan fingerprint density at radius 3 is 2.68 bits per heavy atom. The van der Waals surface area contributed by atoms with E-state index in [4.69, 9.17) is 4.99 Å². The zero-order valence-corrected chi connectivity index (χ0v) is 17.0. The zero-order valence-electron chi connectivity index (χ0n) is 17.0. The van der Waals surface area contributed by atoms with Crippen LogP contribution < -0.4 is 10.6 Å². The molecule has 6 heteroatoms. The zero-order chi connectivity index (χ0) is 19.8. The summed E-state index contributed by atoms with van der Waals surface area (Å²) >= 11 is 0. The lowest BCUT2D eigenvalue weighted by molar-refractivity contribution is 0.680. The third kappa shape index (κ3) is 5.09. The molecule has 28 heavy (non-hydrogen) atoms. The van der Waals surface area contributed by atoms with Gasteiger partial charge in [-0.3, -0.25) is 9.39 Å². The number of hydrogen-bond acceptors (Lipinski definition) is 3. The molecule has 0 aliphatic carbocycles. The van der Waals surface area contributed by atoms with Gasteiger partial charge >= 0.3 is 0 Å². The first-order valence-electron chi connectivity index (χ1n) is 10.1. The molecule has 0 saturated carbocycles. The molecule has 3 rings (SSSR count). The Bertz CT molecular complexity index is 897. The van der Waals surface area contributed by atoms with E-state index in [1.165, 1.54) is 11.1 Å². The average Bonchev–Trinajstić information content (AvgIpc) is 3.14. The van der Waals surface area contributed by atoms with Crippen molar-refractivity contribution in [2.75, 3.05) is 13.1 Å². The van der Waals surface area contributed by atoms with Crippen molar-refractivity contribution in [1.29, 1.82) is 0 Å². The predicted octanol–water partition coefficient (Wildman–Crippen LogP) is 3.54. The third-order valence-electron chi connectivity index (χ3n) is 4.80. The van der Waals surface area contributed by atoms with Crippen molar-refractivity contribution in [2.24, 2.45) is 4.99 Å². The molecule has 0 bridgehead atoms. The molecule has 1 aromatic carbocycles. The van der Waals surface area contributed by atoms with Gasteiger partial charge in [0, 0.05) is 25.7 Å². The number of rotatable bonds is 8. The Morgan fingerprint density at radius 1 is 1.11 bits per heavy atom. The van der Waals surface area contributed by atoms with Crippen LogP contribution in [0.25, 0.3) is 5.65 Å². The second kappa shape index (κ2) is 9.88. The molecule has 6 nitrogen and oxygen atoms in total. The van der Waals surface area contributed by atoms with Crippen LogP contribution in [0.15, 0.2) is 53.7 Å². The van der Waals surface area contributed by atoms with Gasteiger partial charge in [0.2, 0.25) is 0 Å². The van der Waals surface area contributed by atoms with Crippen molar-refractivity contribution in [2.45, 2.75) is 46.1 Å². The maximum absolute atomic E-state index is 4.73. The lowest BCUT2D eigenvalue weighted by Crippen LogP contribution is -2.38. The maximum Gasteiger partial charge on any atom is 0.191 e. The second-order valence-electron chi connectivity index (χ2n) is 6.87. The lowest BCUT2D eigenvalue weighted by atomic mass is 10.1. The molecule has 0 amide bonds. The number of pyridine rings is 1. The van der Waals surface area contributed by atoms with Crippen LogP contribution in [0.4, 0.5) is 0 Å². The SMILES string of the molecule is CCNC(=NCCCc1nnc2ccccn12)NC(C)c1ccc(CC)cc1. The molecule has 0 aliphatic heterocycles. The Morgan fingerprint density at radius 2 is 1.93 bits per heavy atom. The van der Waals surface area contributed by atoms with E-state index in [1.807, 2.05) is 28.8 Å². The van der Waals surface area contributed by atoms with Crippen molar-refractivity contribution in [3.8, 4) is 0 Å². The van der Waals surface area contributed by atoms with Crippen molar-refractivity contribution in [3.63, 3.8) is 0 Å². The van der Waals surface area contributed by atoms with E-state index in [0.29, 0.717) is 0 Å². The normalized spacial score (nSPS) is 12.9. The van der Waals surface area contributed by atoms with Crippen LogP contribution in [0.2, 0.25) is 0 Å². The highest BCUT2D eigenvalue weighted by Gasteiger charge is 2.08. The Balaban J connectivity index is 1.55. The molecule has 0 saturated heterocycles. The number of guanidine groups is 1. The molecule has 0 fully saturated rings. The molecule has 1 atom stereocenters. The number of nitrogens with one attached hydrogen (secondary N) is 2. The summed E-state index contributed by atoms with van der Waals surface area (Å²) in [5.74, 6) is 1.83. The van der Waals surface area contributed by atoms with E-state index in [1.54, 1.807) is 0 Å². The first-order valence-corrected chi connectivity index (χ1v) is 10.1. The van der Waals surface area contributed by atoms with Gasteiger partial charge in [-0.25, -0.2) is 0 Å². The molecule has 3 aromatic rings. The maximum atomic E-state index is 4.73. The monoisotopic (exact) mass is 378 g/mol. The van der Waals surface area contributed by atoms with Crippen LogP contribution in [0.1, 0.15) is 50.2 Å².